The lowest BCUT2D eigenvalue weighted by Crippen LogP contribution is -2.13. The number of carboxylic acid groups (broad SMARTS) is 1. The molecule has 2 aromatic heterocycles. The van der Waals surface area contributed by atoms with Crippen molar-refractivity contribution in [2.75, 3.05) is 0 Å². The molecule has 0 saturated heterocycles. The largest absolute Gasteiger partial charge is 0.481 e. The molecule has 0 aliphatic carbocycles. The second-order valence-electron chi connectivity index (χ2n) is 7.29. The van der Waals surface area contributed by atoms with Crippen molar-refractivity contribution in [2.24, 2.45) is 0 Å². The molecule has 0 fully saturated rings. The van der Waals surface area contributed by atoms with Gasteiger partial charge in [0.15, 0.2) is 5.78 Å². The third-order valence-corrected chi connectivity index (χ3v) is 4.87. The van der Waals surface area contributed by atoms with Gasteiger partial charge in [-0.1, -0.05) is 37.3 Å². The summed E-state index contributed by atoms with van der Waals surface area (Å²) in [6.07, 6.45) is 7.05. The monoisotopic (exact) mass is 422 g/mol. The van der Waals surface area contributed by atoms with E-state index in [0.717, 1.165) is 12.0 Å². The van der Waals surface area contributed by atoms with Gasteiger partial charge in [0.25, 0.3) is 0 Å². The van der Waals surface area contributed by atoms with Crippen molar-refractivity contribution in [3.05, 3.63) is 48.3 Å². The van der Waals surface area contributed by atoms with Crippen LogP contribution in [0.3, 0.4) is 0 Å². The summed E-state index contributed by atoms with van der Waals surface area (Å²) in [5.74, 6) is 0.177. The Morgan fingerprint density at radius 2 is 1.97 bits per heavy atom. The van der Waals surface area contributed by atoms with E-state index in [1.807, 2.05) is 44.2 Å². The maximum absolute atomic E-state index is 11.9. The van der Waals surface area contributed by atoms with Crippen LogP contribution in [0.2, 0.25) is 0 Å². The average Bonchev–Trinajstić information content (AvgIpc) is 3.15. The van der Waals surface area contributed by atoms with Gasteiger partial charge in [-0.3, -0.25) is 9.59 Å². The quantitative estimate of drug-likeness (QED) is 0.331. The number of benzene rings is 1. The molecule has 0 unspecified atom stereocenters. The van der Waals surface area contributed by atoms with Crippen LogP contribution >= 0.6 is 0 Å². The number of aromatic nitrogens is 2. The van der Waals surface area contributed by atoms with Crippen LogP contribution in [0.1, 0.15) is 51.5 Å². The molecule has 7 heteroatoms. The first-order valence-corrected chi connectivity index (χ1v) is 10.4. The maximum atomic E-state index is 11.9. The Bertz CT molecular complexity index is 1070. The Morgan fingerprint density at radius 3 is 2.68 bits per heavy atom. The summed E-state index contributed by atoms with van der Waals surface area (Å²) in [6.45, 7) is 3.73. The fraction of sp³-hybridized carbons (Fsp3) is 0.333. The number of nitrogens with zero attached hydrogens (tertiary/aromatic N) is 2. The molecular formula is C24H26N2O5. The van der Waals surface area contributed by atoms with E-state index in [1.54, 1.807) is 6.08 Å². The van der Waals surface area contributed by atoms with Crippen molar-refractivity contribution in [2.45, 2.75) is 52.1 Å². The number of fused-ring (bicyclic) bond motifs is 1. The van der Waals surface area contributed by atoms with Crippen molar-refractivity contribution in [1.82, 2.24) is 9.97 Å². The average molecular weight is 422 g/mol. The number of allylic oxidation sites excluding steroid dienone is 1. The highest BCUT2D eigenvalue weighted by molar-refractivity contribution is 6.00. The number of aliphatic carboxylic acids is 1. The molecular weight excluding hydrogens is 396 g/mol. The number of ketones is 1. The van der Waals surface area contributed by atoms with Crippen molar-refractivity contribution >= 4 is 28.9 Å². The maximum Gasteiger partial charge on any atom is 0.303 e. The molecule has 7 nitrogen and oxygen atoms in total. The number of carboxylic acids is 1. The Labute approximate surface area is 180 Å². The number of ether oxygens (including phenoxy) is 1. The molecule has 0 aliphatic rings. The molecule has 3 rings (SSSR count). The topological polar surface area (TPSA) is 103 Å². The van der Waals surface area contributed by atoms with Crippen LogP contribution in [-0.2, 0) is 9.59 Å². The van der Waals surface area contributed by atoms with Gasteiger partial charge in [0.2, 0.25) is 11.6 Å². The van der Waals surface area contributed by atoms with E-state index in [4.69, 9.17) is 14.3 Å². The lowest BCUT2D eigenvalue weighted by molar-refractivity contribution is -0.137. The molecule has 0 saturated carbocycles. The van der Waals surface area contributed by atoms with Crippen LogP contribution in [0.5, 0.6) is 5.88 Å². The number of furan rings is 1. The minimum Gasteiger partial charge on any atom is -0.481 e. The second-order valence-corrected chi connectivity index (χ2v) is 7.29. The Morgan fingerprint density at radius 1 is 1.19 bits per heavy atom. The standard InChI is InChI=1S/C24H26N2O5/c1-3-18(27)13-14-19-21-23(30-16(2)9-7-8-12-20(28)29)25-15-26-24(21)31-22(19)17-10-5-4-6-11-17/h4-6,10-11,13-16H,3,7-9,12H2,1-2H3,(H,28,29)/t16-/m1/s1. The predicted molar refractivity (Wildman–Crippen MR) is 118 cm³/mol. The molecule has 0 aliphatic heterocycles. The molecule has 162 valence electrons. The van der Waals surface area contributed by atoms with Gasteiger partial charge in [-0.15, -0.1) is 0 Å². The lowest BCUT2D eigenvalue weighted by Gasteiger charge is -2.14. The van der Waals surface area contributed by atoms with Gasteiger partial charge < -0.3 is 14.3 Å². The summed E-state index contributed by atoms with van der Waals surface area (Å²) in [6, 6.07) is 9.60. The zero-order valence-electron chi connectivity index (χ0n) is 17.7. The highest BCUT2D eigenvalue weighted by Gasteiger charge is 2.21. The first-order chi connectivity index (χ1) is 15.0. The minimum absolute atomic E-state index is 0.000483. The fourth-order valence-electron chi connectivity index (χ4n) is 3.23. The zero-order chi connectivity index (χ0) is 22.2. The molecule has 1 N–H and O–H groups in total. The Balaban J connectivity index is 1.95. The molecule has 0 radical (unpaired) electrons. The SMILES string of the molecule is CCC(=O)C=Cc1c(-c2ccccc2)oc2ncnc(O[C@H](C)CCCCC(=O)O)c12. The van der Waals surface area contributed by atoms with Gasteiger partial charge in [-0.05, 0) is 38.3 Å². The summed E-state index contributed by atoms with van der Waals surface area (Å²) in [4.78, 5) is 31.2. The number of unbranched alkanes of at least 4 members (excludes halogenated alkanes) is 1. The molecule has 31 heavy (non-hydrogen) atoms. The van der Waals surface area contributed by atoms with Crippen LogP contribution in [-0.4, -0.2) is 32.9 Å². The summed E-state index contributed by atoms with van der Waals surface area (Å²) in [5.41, 5.74) is 1.93. The van der Waals surface area contributed by atoms with Gasteiger partial charge >= 0.3 is 5.97 Å². The van der Waals surface area contributed by atoms with E-state index in [-0.39, 0.29) is 18.3 Å². The smallest absolute Gasteiger partial charge is 0.303 e. The van der Waals surface area contributed by atoms with E-state index in [0.29, 0.717) is 47.6 Å². The van der Waals surface area contributed by atoms with Crippen molar-refractivity contribution in [3.63, 3.8) is 0 Å². The highest BCUT2D eigenvalue weighted by Crippen LogP contribution is 2.38. The summed E-state index contributed by atoms with van der Waals surface area (Å²) in [7, 11) is 0. The predicted octanol–water partition coefficient (Wildman–Crippen LogP) is 5.29. The van der Waals surface area contributed by atoms with E-state index in [1.165, 1.54) is 12.4 Å². The molecule has 2 heterocycles. The minimum atomic E-state index is -0.795. The zero-order valence-corrected chi connectivity index (χ0v) is 17.7. The number of hydrogen-bond donors (Lipinski definition) is 1. The normalized spacial score (nSPS) is 12.3. The third kappa shape index (κ3) is 5.78. The number of carbonyl (C=O) groups is 2. The molecule has 0 bridgehead atoms. The highest BCUT2D eigenvalue weighted by atomic mass is 16.5. The van der Waals surface area contributed by atoms with E-state index >= 15 is 0 Å². The van der Waals surface area contributed by atoms with Crippen LogP contribution < -0.4 is 4.74 Å². The number of carbonyl (C=O) groups excluding carboxylic acids is 1. The first kappa shape index (κ1) is 22.2. The van der Waals surface area contributed by atoms with Gasteiger partial charge in [-0.2, -0.15) is 0 Å². The van der Waals surface area contributed by atoms with Gasteiger partial charge in [0.1, 0.15) is 17.5 Å². The van der Waals surface area contributed by atoms with Crippen LogP contribution in [0.25, 0.3) is 28.5 Å². The van der Waals surface area contributed by atoms with Crippen LogP contribution in [0.4, 0.5) is 0 Å². The molecule has 0 amide bonds. The summed E-state index contributed by atoms with van der Waals surface area (Å²) < 4.78 is 12.1. The van der Waals surface area contributed by atoms with E-state index in [2.05, 4.69) is 9.97 Å². The van der Waals surface area contributed by atoms with Crippen LogP contribution in [0.15, 0.2) is 47.2 Å². The first-order valence-electron chi connectivity index (χ1n) is 10.4. The Kier molecular flexibility index (Phi) is 7.54. The van der Waals surface area contributed by atoms with Crippen molar-refractivity contribution in [3.8, 4) is 17.2 Å². The fourth-order valence-corrected chi connectivity index (χ4v) is 3.23. The summed E-state index contributed by atoms with van der Waals surface area (Å²) in [5, 5.41) is 9.39. The Hall–Kier alpha value is -3.48. The summed E-state index contributed by atoms with van der Waals surface area (Å²) >= 11 is 0. The van der Waals surface area contributed by atoms with Crippen LogP contribution in [0, 0.1) is 0 Å². The molecule has 1 atom stereocenters. The molecule has 3 aromatic rings. The third-order valence-electron chi connectivity index (χ3n) is 4.87. The van der Waals surface area contributed by atoms with E-state index in [9.17, 15) is 9.59 Å². The lowest BCUT2D eigenvalue weighted by atomic mass is 10.1. The molecule has 1 aromatic carbocycles. The van der Waals surface area contributed by atoms with E-state index < -0.39 is 5.97 Å². The second kappa shape index (κ2) is 10.5. The van der Waals surface area contributed by atoms with Gasteiger partial charge in [0.05, 0.1) is 6.10 Å². The molecule has 0 spiro atoms. The number of hydrogen-bond acceptors (Lipinski definition) is 6. The van der Waals surface area contributed by atoms with Crippen molar-refractivity contribution < 1.29 is 23.8 Å². The number of rotatable bonds is 11. The van der Waals surface area contributed by atoms with Crippen molar-refractivity contribution in [1.29, 1.82) is 0 Å². The van der Waals surface area contributed by atoms with Gasteiger partial charge in [-0.25, -0.2) is 9.97 Å². The van der Waals surface area contributed by atoms with Gasteiger partial charge in [0, 0.05) is 24.0 Å².